The van der Waals surface area contributed by atoms with Crippen LogP contribution >= 0.6 is 0 Å². The minimum Gasteiger partial charge on any atom is -0.476 e. The summed E-state index contributed by atoms with van der Waals surface area (Å²) in [7, 11) is 0. The van der Waals surface area contributed by atoms with Gasteiger partial charge in [-0.15, -0.1) is 0 Å². The van der Waals surface area contributed by atoms with E-state index in [4.69, 9.17) is 21.4 Å². The molecular weight excluding hydrogens is 294 g/mol. The molecule has 0 unspecified atom stereocenters. The molecule has 1 aromatic rings. The molecule has 0 aliphatic heterocycles. The van der Waals surface area contributed by atoms with Gasteiger partial charge in [0.15, 0.2) is 5.70 Å². The summed E-state index contributed by atoms with van der Waals surface area (Å²) in [5.74, 6) is 11.2. The van der Waals surface area contributed by atoms with Crippen LogP contribution in [0.1, 0.15) is 37.7 Å². The first kappa shape index (κ1) is 16.7. The summed E-state index contributed by atoms with van der Waals surface area (Å²) >= 11 is 0. The highest BCUT2D eigenvalue weighted by Crippen LogP contribution is 2.27. The number of carboxylic acids is 1. The van der Waals surface area contributed by atoms with Gasteiger partial charge in [0.1, 0.15) is 5.75 Å². The highest BCUT2D eigenvalue weighted by molar-refractivity contribution is 5.85. The second-order valence-corrected chi connectivity index (χ2v) is 5.48. The molecule has 23 heavy (non-hydrogen) atoms. The van der Waals surface area contributed by atoms with E-state index in [1.807, 2.05) is 6.07 Å². The normalized spacial score (nSPS) is 15.3. The molecule has 0 spiro atoms. The molecule has 0 atom stereocenters. The van der Waals surface area contributed by atoms with Crippen LogP contribution in [0.4, 0.5) is 0 Å². The van der Waals surface area contributed by atoms with Crippen LogP contribution in [-0.4, -0.2) is 11.1 Å². The van der Waals surface area contributed by atoms with Crippen molar-refractivity contribution in [3.63, 3.8) is 0 Å². The minimum atomic E-state index is -1.31. The average Bonchev–Trinajstić information content (AvgIpc) is 3.05. The smallest absolute Gasteiger partial charge is 0.357 e. The van der Waals surface area contributed by atoms with Crippen molar-refractivity contribution in [3.8, 4) is 17.6 Å². The summed E-state index contributed by atoms with van der Waals surface area (Å²) in [5.41, 5.74) is 7.84. The summed E-state index contributed by atoms with van der Waals surface area (Å²) in [6, 6.07) is 7.04. The van der Waals surface area contributed by atoms with Crippen molar-refractivity contribution >= 4 is 5.97 Å². The van der Waals surface area contributed by atoms with Crippen LogP contribution in [0.2, 0.25) is 0 Å². The number of nitrogens with one attached hydrogen (secondary N) is 1. The monoisotopic (exact) mass is 315 g/mol. The lowest BCUT2D eigenvalue weighted by Gasteiger charge is -2.10. The van der Waals surface area contributed by atoms with Gasteiger partial charge in [0.05, 0.1) is 0 Å². The zero-order valence-electron chi connectivity index (χ0n) is 12.8. The van der Waals surface area contributed by atoms with Gasteiger partial charge in [-0.3, -0.25) is 5.43 Å². The van der Waals surface area contributed by atoms with Crippen molar-refractivity contribution in [1.82, 2.24) is 5.43 Å². The van der Waals surface area contributed by atoms with Crippen molar-refractivity contribution in [3.05, 3.63) is 41.4 Å². The molecule has 0 aromatic heterocycles. The molecule has 1 aromatic carbocycles. The van der Waals surface area contributed by atoms with Crippen LogP contribution in [0.15, 0.2) is 35.8 Å². The van der Waals surface area contributed by atoms with E-state index in [0.29, 0.717) is 11.7 Å². The van der Waals surface area contributed by atoms with Crippen LogP contribution in [0.3, 0.4) is 0 Å². The molecule has 0 bridgehead atoms. The Morgan fingerprint density at radius 3 is 2.78 bits per heavy atom. The van der Waals surface area contributed by atoms with Gasteiger partial charge in [-0.2, -0.15) is 0 Å². The van der Waals surface area contributed by atoms with Gasteiger partial charge in [0.25, 0.3) is 0 Å². The fourth-order valence-electron chi connectivity index (χ4n) is 2.53. The third kappa shape index (κ3) is 4.94. The van der Waals surface area contributed by atoms with Crippen LogP contribution in [-0.2, 0) is 4.79 Å². The van der Waals surface area contributed by atoms with Gasteiger partial charge in [0, 0.05) is 12.0 Å². The predicted octanol–water partition coefficient (Wildman–Crippen LogP) is 1.67. The number of hydrogen-bond acceptors (Lipinski definition) is 5. The molecule has 2 rings (SSSR count). The van der Waals surface area contributed by atoms with Gasteiger partial charge >= 0.3 is 5.97 Å². The van der Waals surface area contributed by atoms with E-state index in [-0.39, 0.29) is 5.88 Å². The summed E-state index contributed by atoms with van der Waals surface area (Å²) in [6.07, 6.45) is 6.06. The number of benzene rings is 1. The average molecular weight is 315 g/mol. The van der Waals surface area contributed by atoms with E-state index in [9.17, 15) is 4.79 Å². The Kier molecular flexibility index (Phi) is 5.89. The lowest BCUT2D eigenvalue weighted by molar-refractivity contribution is -0.132. The molecule has 6 heteroatoms. The molecular formula is C17H21N3O3. The Morgan fingerprint density at radius 1 is 1.39 bits per heavy atom. The van der Waals surface area contributed by atoms with E-state index >= 15 is 0 Å². The number of carboxylic acid groups (broad SMARTS) is 1. The molecule has 122 valence electrons. The number of carbonyl (C=O) groups is 1. The van der Waals surface area contributed by atoms with Crippen molar-refractivity contribution in [1.29, 1.82) is 0 Å². The lowest BCUT2D eigenvalue weighted by atomic mass is 10.0. The molecule has 6 nitrogen and oxygen atoms in total. The first-order valence-electron chi connectivity index (χ1n) is 7.56. The second kappa shape index (κ2) is 8.11. The second-order valence-electron chi connectivity index (χ2n) is 5.48. The fraction of sp³-hybridized carbons (Fsp3) is 0.353. The standard InChI is InChI=1S/C17H21N3O3/c18-15(17(21)22)16(20-19)23-14-10-4-9-13(11-14)8-3-7-12-5-1-2-6-12/h4,9-12,20H,1-2,5-7,18-19H2,(H,21,22)/b16-15+. The van der Waals surface area contributed by atoms with Crippen molar-refractivity contribution < 1.29 is 14.6 Å². The number of aliphatic carboxylic acids is 1. The molecule has 0 saturated heterocycles. The Morgan fingerprint density at radius 2 is 2.13 bits per heavy atom. The molecule has 6 N–H and O–H groups in total. The topological polar surface area (TPSA) is 111 Å². The number of ether oxygens (including phenoxy) is 1. The van der Waals surface area contributed by atoms with E-state index in [1.165, 1.54) is 25.7 Å². The minimum absolute atomic E-state index is 0.214. The number of hydrogen-bond donors (Lipinski definition) is 4. The van der Waals surface area contributed by atoms with E-state index in [0.717, 1.165) is 12.0 Å². The largest absolute Gasteiger partial charge is 0.476 e. The third-order valence-corrected chi connectivity index (χ3v) is 3.76. The van der Waals surface area contributed by atoms with E-state index < -0.39 is 11.7 Å². The first-order valence-corrected chi connectivity index (χ1v) is 7.56. The number of nitrogens with two attached hydrogens (primary N) is 2. The van der Waals surface area contributed by atoms with Crippen LogP contribution in [0, 0.1) is 17.8 Å². The summed E-state index contributed by atoms with van der Waals surface area (Å²) < 4.78 is 5.38. The Labute approximate surface area is 135 Å². The highest BCUT2D eigenvalue weighted by atomic mass is 16.5. The van der Waals surface area contributed by atoms with E-state index in [2.05, 4.69) is 17.3 Å². The highest BCUT2D eigenvalue weighted by Gasteiger charge is 2.13. The van der Waals surface area contributed by atoms with Crippen LogP contribution in [0.5, 0.6) is 5.75 Å². The molecule has 0 amide bonds. The third-order valence-electron chi connectivity index (χ3n) is 3.76. The molecule has 1 aliphatic rings. The van der Waals surface area contributed by atoms with Gasteiger partial charge in [0.2, 0.25) is 5.88 Å². The lowest BCUT2D eigenvalue weighted by Crippen LogP contribution is -2.31. The van der Waals surface area contributed by atoms with E-state index in [1.54, 1.807) is 18.2 Å². The van der Waals surface area contributed by atoms with Crippen molar-refractivity contribution in [2.75, 3.05) is 0 Å². The Bertz CT molecular complexity index is 653. The number of rotatable bonds is 5. The first-order chi connectivity index (χ1) is 11.1. The molecule has 1 saturated carbocycles. The van der Waals surface area contributed by atoms with Crippen molar-refractivity contribution in [2.45, 2.75) is 32.1 Å². The molecule has 0 radical (unpaired) electrons. The Hall–Kier alpha value is -2.65. The van der Waals surface area contributed by atoms with Crippen molar-refractivity contribution in [2.24, 2.45) is 17.5 Å². The molecule has 1 fully saturated rings. The molecule has 0 heterocycles. The summed E-state index contributed by atoms with van der Waals surface area (Å²) in [4.78, 5) is 10.8. The SMILES string of the molecule is NN/C(Oc1cccc(C#CCC2CCCC2)c1)=C(\N)C(=O)O. The maximum absolute atomic E-state index is 10.8. The van der Waals surface area contributed by atoms with Gasteiger partial charge < -0.3 is 15.6 Å². The summed E-state index contributed by atoms with van der Waals surface area (Å²) in [6.45, 7) is 0. The van der Waals surface area contributed by atoms with Crippen LogP contribution in [0.25, 0.3) is 0 Å². The Balaban J connectivity index is 2.06. The zero-order chi connectivity index (χ0) is 16.7. The predicted molar refractivity (Wildman–Crippen MR) is 86.7 cm³/mol. The zero-order valence-corrected chi connectivity index (χ0v) is 12.8. The van der Waals surface area contributed by atoms with Gasteiger partial charge in [-0.1, -0.05) is 30.7 Å². The fourth-order valence-corrected chi connectivity index (χ4v) is 2.53. The van der Waals surface area contributed by atoms with Crippen LogP contribution < -0.4 is 21.7 Å². The van der Waals surface area contributed by atoms with Gasteiger partial charge in [-0.05, 0) is 37.0 Å². The van der Waals surface area contributed by atoms with Gasteiger partial charge in [-0.25, -0.2) is 10.6 Å². The quantitative estimate of drug-likeness (QED) is 0.216. The molecule has 1 aliphatic carbocycles. The summed E-state index contributed by atoms with van der Waals surface area (Å²) in [5, 5.41) is 8.86. The maximum atomic E-state index is 10.8. The maximum Gasteiger partial charge on any atom is 0.357 e. The number of hydrazine groups is 1.